The number of nitrogens with one attached hydrogen (secondary N) is 2. The molecule has 0 aliphatic carbocycles. The molecule has 1 atom stereocenters. The summed E-state index contributed by atoms with van der Waals surface area (Å²) in [5.41, 5.74) is 1.21. The lowest BCUT2D eigenvalue weighted by molar-refractivity contribution is 0.611. The summed E-state index contributed by atoms with van der Waals surface area (Å²) < 4.78 is 16.4. The van der Waals surface area contributed by atoms with Crippen molar-refractivity contribution in [3.8, 4) is 5.69 Å². The van der Waals surface area contributed by atoms with Crippen molar-refractivity contribution in [1.82, 2.24) is 19.5 Å². The van der Waals surface area contributed by atoms with Gasteiger partial charge in [-0.1, -0.05) is 11.6 Å². The molecule has 0 fully saturated rings. The first-order valence-corrected chi connectivity index (χ1v) is 8.62. The summed E-state index contributed by atoms with van der Waals surface area (Å²) >= 11 is 6.03. The number of nitrogens with zero attached hydrogens (tertiary/aromatic N) is 3. The monoisotopic (exact) mass is 383 g/mol. The van der Waals surface area contributed by atoms with Gasteiger partial charge in [0.25, 0.3) is 5.56 Å². The second-order valence-electron chi connectivity index (χ2n) is 6.11. The van der Waals surface area contributed by atoms with E-state index in [-0.39, 0.29) is 11.4 Å². The van der Waals surface area contributed by atoms with E-state index in [0.717, 1.165) is 5.39 Å². The molecule has 3 heterocycles. The maximum atomic E-state index is 14.8. The van der Waals surface area contributed by atoms with E-state index in [4.69, 9.17) is 11.6 Å². The van der Waals surface area contributed by atoms with Crippen molar-refractivity contribution in [2.24, 2.45) is 0 Å². The molecule has 0 amide bonds. The Morgan fingerprint density at radius 1 is 1.26 bits per heavy atom. The van der Waals surface area contributed by atoms with E-state index in [1.165, 1.54) is 12.5 Å². The summed E-state index contributed by atoms with van der Waals surface area (Å²) in [6, 6.07) is 8.05. The summed E-state index contributed by atoms with van der Waals surface area (Å²) in [7, 11) is 0. The van der Waals surface area contributed by atoms with Gasteiger partial charge in [0.15, 0.2) is 11.6 Å². The zero-order chi connectivity index (χ0) is 19.0. The van der Waals surface area contributed by atoms with Crippen LogP contribution in [0.5, 0.6) is 0 Å². The van der Waals surface area contributed by atoms with E-state index in [0.29, 0.717) is 21.8 Å². The topological polar surface area (TPSA) is 75.6 Å². The molecule has 0 unspecified atom stereocenters. The summed E-state index contributed by atoms with van der Waals surface area (Å²) in [4.78, 5) is 23.2. The van der Waals surface area contributed by atoms with Crippen LogP contribution in [-0.4, -0.2) is 19.5 Å². The Morgan fingerprint density at radius 2 is 2.11 bits per heavy atom. The van der Waals surface area contributed by atoms with Crippen LogP contribution in [0.1, 0.15) is 18.5 Å². The molecule has 0 aliphatic heterocycles. The smallest absolute Gasteiger partial charge is 0.253 e. The number of rotatable bonds is 4. The van der Waals surface area contributed by atoms with E-state index in [2.05, 4.69) is 20.3 Å². The number of anilines is 1. The fourth-order valence-corrected chi connectivity index (χ4v) is 3.11. The molecule has 0 saturated carbocycles. The van der Waals surface area contributed by atoms with Crippen molar-refractivity contribution in [3.05, 3.63) is 82.0 Å². The Morgan fingerprint density at radius 3 is 2.89 bits per heavy atom. The molecule has 4 rings (SSSR count). The average molecular weight is 384 g/mol. The van der Waals surface area contributed by atoms with Gasteiger partial charge >= 0.3 is 0 Å². The van der Waals surface area contributed by atoms with Gasteiger partial charge in [0.1, 0.15) is 0 Å². The van der Waals surface area contributed by atoms with Crippen LogP contribution in [0.3, 0.4) is 0 Å². The van der Waals surface area contributed by atoms with Crippen LogP contribution in [0.2, 0.25) is 5.02 Å². The second kappa shape index (κ2) is 6.85. The Balaban J connectivity index is 1.70. The number of halogens is 2. The van der Waals surface area contributed by atoms with Crippen molar-refractivity contribution in [3.63, 3.8) is 0 Å². The minimum absolute atomic E-state index is 0.0549. The highest BCUT2D eigenvalue weighted by atomic mass is 35.5. The quantitative estimate of drug-likeness (QED) is 0.557. The van der Waals surface area contributed by atoms with E-state index < -0.39 is 11.9 Å². The minimum atomic E-state index is -0.525. The number of pyridine rings is 2. The summed E-state index contributed by atoms with van der Waals surface area (Å²) in [6.45, 7) is 1.77. The fraction of sp³-hybridized carbons (Fsp3) is 0.105. The normalized spacial score (nSPS) is 12.3. The third kappa shape index (κ3) is 3.29. The number of imidazole rings is 1. The lowest BCUT2D eigenvalue weighted by atomic mass is 10.1. The molecule has 0 radical (unpaired) electrons. The predicted molar refractivity (Wildman–Crippen MR) is 103 cm³/mol. The van der Waals surface area contributed by atoms with Gasteiger partial charge in [0.2, 0.25) is 0 Å². The number of hydrogen-bond acceptors (Lipinski definition) is 4. The van der Waals surface area contributed by atoms with Crippen molar-refractivity contribution >= 4 is 28.3 Å². The van der Waals surface area contributed by atoms with Gasteiger partial charge in [-0.25, -0.2) is 14.4 Å². The zero-order valence-corrected chi connectivity index (χ0v) is 15.0. The second-order valence-corrected chi connectivity index (χ2v) is 6.55. The summed E-state index contributed by atoms with van der Waals surface area (Å²) in [5, 5.41) is 4.34. The third-order valence-electron chi connectivity index (χ3n) is 4.31. The average Bonchev–Trinajstić information content (AvgIpc) is 3.17. The number of aromatic amines is 1. The summed E-state index contributed by atoms with van der Waals surface area (Å²) in [6.07, 6.45) is 6.21. The first-order valence-electron chi connectivity index (χ1n) is 8.25. The maximum absolute atomic E-state index is 14.8. The largest absolute Gasteiger partial charge is 0.361 e. The van der Waals surface area contributed by atoms with Gasteiger partial charge in [-0.15, -0.1) is 0 Å². The van der Waals surface area contributed by atoms with Gasteiger partial charge in [-0.3, -0.25) is 4.79 Å². The van der Waals surface area contributed by atoms with Gasteiger partial charge in [-0.05, 0) is 37.3 Å². The van der Waals surface area contributed by atoms with Crippen LogP contribution in [0, 0.1) is 5.82 Å². The number of H-pyrrole nitrogens is 1. The van der Waals surface area contributed by atoms with Gasteiger partial charge < -0.3 is 14.9 Å². The molecule has 0 bridgehead atoms. The van der Waals surface area contributed by atoms with Crippen molar-refractivity contribution in [2.75, 3.05) is 5.32 Å². The van der Waals surface area contributed by atoms with Gasteiger partial charge in [0, 0.05) is 40.1 Å². The first kappa shape index (κ1) is 17.2. The molecule has 8 heteroatoms. The Kier molecular flexibility index (Phi) is 4.37. The molecule has 136 valence electrons. The molecular formula is C19H15ClFN5O. The molecule has 6 nitrogen and oxygen atoms in total. The highest BCUT2D eigenvalue weighted by Crippen LogP contribution is 2.24. The van der Waals surface area contributed by atoms with E-state index in [1.54, 1.807) is 54.2 Å². The summed E-state index contributed by atoms with van der Waals surface area (Å²) in [5.74, 6) is -0.470. The Labute approximate surface area is 158 Å². The molecule has 0 saturated heterocycles. The number of aromatic nitrogens is 4. The van der Waals surface area contributed by atoms with E-state index >= 15 is 0 Å². The maximum Gasteiger partial charge on any atom is 0.253 e. The zero-order valence-electron chi connectivity index (χ0n) is 14.3. The predicted octanol–water partition coefficient (Wildman–Crippen LogP) is 4.07. The molecule has 4 aromatic rings. The van der Waals surface area contributed by atoms with Crippen molar-refractivity contribution < 1.29 is 4.39 Å². The first-order chi connectivity index (χ1) is 13.0. The van der Waals surface area contributed by atoms with E-state index in [1.807, 2.05) is 0 Å². The molecule has 0 aliphatic rings. The van der Waals surface area contributed by atoms with E-state index in [9.17, 15) is 9.18 Å². The van der Waals surface area contributed by atoms with Crippen LogP contribution >= 0.6 is 11.6 Å². The van der Waals surface area contributed by atoms with Crippen LogP contribution in [0.15, 0.2) is 60.0 Å². The molecule has 3 aromatic heterocycles. The lowest BCUT2D eigenvalue weighted by Gasteiger charge is -2.16. The molecular weight excluding hydrogens is 369 g/mol. The minimum Gasteiger partial charge on any atom is -0.361 e. The molecule has 1 aromatic carbocycles. The number of fused-ring (bicyclic) bond motifs is 1. The van der Waals surface area contributed by atoms with Crippen LogP contribution in [0.25, 0.3) is 16.6 Å². The van der Waals surface area contributed by atoms with Crippen molar-refractivity contribution in [1.29, 1.82) is 0 Å². The fourth-order valence-electron chi connectivity index (χ4n) is 2.93. The lowest BCUT2D eigenvalue weighted by Crippen LogP contribution is -2.20. The molecule has 0 spiro atoms. The standard InChI is InChI=1S/C19H15ClFN5O/c1-11(14-9-12-8-13(20)2-3-15(12)25-19(14)27)24-18-17(21)16(4-5-23-18)26-7-6-22-10-26/h2-11H,1H3,(H,23,24)(H,25,27)/t11-/m0/s1. The number of hydrogen-bond donors (Lipinski definition) is 2. The van der Waals surface area contributed by atoms with Crippen molar-refractivity contribution in [2.45, 2.75) is 13.0 Å². The molecule has 2 N–H and O–H groups in total. The van der Waals surface area contributed by atoms with Crippen LogP contribution < -0.4 is 10.9 Å². The Bertz CT molecular complexity index is 1170. The van der Waals surface area contributed by atoms with Crippen LogP contribution in [0.4, 0.5) is 10.2 Å². The van der Waals surface area contributed by atoms with Gasteiger partial charge in [-0.2, -0.15) is 0 Å². The highest BCUT2D eigenvalue weighted by Gasteiger charge is 2.16. The Hall–Kier alpha value is -3.19. The van der Waals surface area contributed by atoms with Crippen LogP contribution in [-0.2, 0) is 0 Å². The number of benzene rings is 1. The third-order valence-corrected chi connectivity index (χ3v) is 4.54. The molecule has 27 heavy (non-hydrogen) atoms. The van der Waals surface area contributed by atoms with Gasteiger partial charge in [0.05, 0.1) is 18.1 Å². The highest BCUT2D eigenvalue weighted by molar-refractivity contribution is 6.31. The SMILES string of the molecule is C[C@H](Nc1nccc(-n2ccnc2)c1F)c1cc2cc(Cl)ccc2[nH]c1=O.